The fraction of sp³-hybridized carbons (Fsp3) is 0.278. The second-order valence-electron chi connectivity index (χ2n) is 6.46. The van der Waals surface area contributed by atoms with Crippen LogP contribution in [0.2, 0.25) is 0 Å². The lowest BCUT2D eigenvalue weighted by molar-refractivity contribution is -0.394. The van der Waals surface area contributed by atoms with Crippen LogP contribution in [0.5, 0.6) is 0 Å². The maximum Gasteiger partial charge on any atom is 0.277 e. The molecule has 146 valence electrons. The second kappa shape index (κ2) is 8.09. The van der Waals surface area contributed by atoms with E-state index in [1.54, 1.807) is 18.2 Å². The molecule has 3 rings (SSSR count). The summed E-state index contributed by atoms with van der Waals surface area (Å²) >= 11 is 0. The number of nitro groups is 2. The molecule has 0 radical (unpaired) electrons. The van der Waals surface area contributed by atoms with Gasteiger partial charge in [0.15, 0.2) is 0 Å². The minimum atomic E-state index is -0.771. The van der Waals surface area contributed by atoms with Crippen LogP contribution >= 0.6 is 0 Å². The van der Waals surface area contributed by atoms with E-state index in [1.165, 1.54) is 11.0 Å². The Morgan fingerprint density at radius 2 is 1.79 bits per heavy atom. The zero-order chi connectivity index (χ0) is 20.3. The van der Waals surface area contributed by atoms with Gasteiger partial charge < -0.3 is 10.2 Å². The highest BCUT2D eigenvalue weighted by Gasteiger charge is 2.29. The molecule has 0 spiro atoms. The molecule has 1 heterocycles. The first kappa shape index (κ1) is 19.4. The van der Waals surface area contributed by atoms with Gasteiger partial charge in [0.05, 0.1) is 21.5 Å². The first-order valence-electron chi connectivity index (χ1n) is 8.55. The summed E-state index contributed by atoms with van der Waals surface area (Å²) in [5.74, 6) is -0.827. The van der Waals surface area contributed by atoms with Crippen molar-refractivity contribution in [1.82, 2.24) is 10.2 Å². The normalized spacial score (nSPS) is 16.2. The highest BCUT2D eigenvalue weighted by Crippen LogP contribution is 2.24. The molecule has 1 aliphatic rings. The van der Waals surface area contributed by atoms with Crippen molar-refractivity contribution in [1.29, 1.82) is 0 Å². The summed E-state index contributed by atoms with van der Waals surface area (Å²) in [4.78, 5) is 34.6. The zero-order valence-electron chi connectivity index (χ0n) is 14.7. The van der Waals surface area contributed by atoms with Gasteiger partial charge in [0.1, 0.15) is 5.82 Å². The molecule has 9 nitrogen and oxygen atoms in total. The fourth-order valence-corrected chi connectivity index (χ4v) is 3.12. The first-order valence-corrected chi connectivity index (χ1v) is 8.55. The van der Waals surface area contributed by atoms with E-state index in [4.69, 9.17) is 0 Å². The van der Waals surface area contributed by atoms with Gasteiger partial charge in [0.2, 0.25) is 0 Å². The number of carbonyl (C=O) groups is 1. The third-order valence-electron chi connectivity index (χ3n) is 4.59. The predicted molar refractivity (Wildman–Crippen MR) is 97.3 cm³/mol. The Balaban J connectivity index is 1.68. The van der Waals surface area contributed by atoms with E-state index in [-0.39, 0.29) is 17.4 Å². The van der Waals surface area contributed by atoms with Crippen LogP contribution in [0, 0.1) is 26.0 Å². The molecule has 0 aliphatic carbocycles. The van der Waals surface area contributed by atoms with Crippen LogP contribution in [0.25, 0.3) is 0 Å². The van der Waals surface area contributed by atoms with Crippen molar-refractivity contribution in [2.75, 3.05) is 13.1 Å². The summed E-state index contributed by atoms with van der Waals surface area (Å²) in [6, 6.07) is 9.20. The number of amides is 1. The van der Waals surface area contributed by atoms with Crippen LogP contribution in [0.1, 0.15) is 22.3 Å². The lowest BCUT2D eigenvalue weighted by Crippen LogP contribution is -2.35. The molecule has 0 bridgehead atoms. The number of nitrogens with one attached hydrogen (secondary N) is 1. The number of nitrogens with zero attached hydrogens (tertiary/aromatic N) is 3. The molecule has 1 saturated heterocycles. The summed E-state index contributed by atoms with van der Waals surface area (Å²) in [6.45, 7) is 1.02. The second-order valence-corrected chi connectivity index (χ2v) is 6.46. The molecule has 2 aromatic carbocycles. The van der Waals surface area contributed by atoms with Gasteiger partial charge in [-0.25, -0.2) is 4.39 Å². The summed E-state index contributed by atoms with van der Waals surface area (Å²) in [5, 5.41) is 25.2. The number of halogens is 1. The number of nitro benzene ring substituents is 2. The Morgan fingerprint density at radius 1 is 1.14 bits per heavy atom. The van der Waals surface area contributed by atoms with Crippen LogP contribution in [-0.4, -0.2) is 39.8 Å². The monoisotopic (exact) mass is 388 g/mol. The smallest absolute Gasteiger partial charge is 0.277 e. The molecule has 1 fully saturated rings. The van der Waals surface area contributed by atoms with Gasteiger partial charge >= 0.3 is 0 Å². The van der Waals surface area contributed by atoms with Crippen LogP contribution in [0.4, 0.5) is 15.8 Å². The Labute approximate surface area is 159 Å². The molecule has 1 N–H and O–H groups in total. The Bertz CT molecular complexity index is 904. The van der Waals surface area contributed by atoms with Crippen molar-refractivity contribution in [3.63, 3.8) is 0 Å². The minimum absolute atomic E-state index is 0.0720. The maximum atomic E-state index is 13.7. The van der Waals surface area contributed by atoms with Crippen molar-refractivity contribution in [2.24, 2.45) is 0 Å². The molecule has 28 heavy (non-hydrogen) atoms. The highest BCUT2D eigenvalue weighted by molar-refractivity contribution is 5.95. The van der Waals surface area contributed by atoms with Crippen LogP contribution < -0.4 is 5.32 Å². The molecule has 1 atom stereocenters. The number of rotatable bonds is 6. The topological polar surface area (TPSA) is 119 Å². The van der Waals surface area contributed by atoms with E-state index >= 15 is 0 Å². The number of hydrogen-bond acceptors (Lipinski definition) is 6. The standard InChI is InChI=1S/C18H17FN4O5/c19-17-4-2-1-3-12(17)10-20-14-5-6-21(11-14)18(24)13-7-15(22(25)26)9-16(8-13)23(27)28/h1-4,7-9,14,20H,5-6,10-11H2/t14-/m1/s1. The highest BCUT2D eigenvalue weighted by atomic mass is 19.1. The van der Waals surface area contributed by atoms with E-state index < -0.39 is 27.1 Å². The van der Waals surface area contributed by atoms with Gasteiger partial charge in [-0.1, -0.05) is 18.2 Å². The van der Waals surface area contributed by atoms with Crippen molar-refractivity contribution in [3.8, 4) is 0 Å². The molecule has 1 amide bonds. The molecule has 1 aliphatic heterocycles. The van der Waals surface area contributed by atoms with Gasteiger partial charge in [-0.2, -0.15) is 0 Å². The average Bonchev–Trinajstić information content (AvgIpc) is 3.15. The summed E-state index contributed by atoms with van der Waals surface area (Å²) < 4.78 is 13.7. The molecule has 2 aromatic rings. The molecule has 10 heteroatoms. The molecular formula is C18H17FN4O5. The van der Waals surface area contributed by atoms with E-state index in [0.29, 0.717) is 31.6 Å². The predicted octanol–water partition coefficient (Wildman–Crippen LogP) is 2.65. The number of carbonyl (C=O) groups excluding carboxylic acids is 1. The van der Waals surface area contributed by atoms with Gasteiger partial charge in [0.25, 0.3) is 17.3 Å². The minimum Gasteiger partial charge on any atom is -0.337 e. The molecule has 0 saturated carbocycles. The van der Waals surface area contributed by atoms with E-state index in [9.17, 15) is 29.4 Å². The van der Waals surface area contributed by atoms with Gasteiger partial charge in [-0.3, -0.25) is 25.0 Å². The average molecular weight is 388 g/mol. The molecular weight excluding hydrogens is 371 g/mol. The third kappa shape index (κ3) is 4.29. The largest absolute Gasteiger partial charge is 0.337 e. The van der Waals surface area contributed by atoms with Gasteiger partial charge in [-0.05, 0) is 12.5 Å². The Kier molecular flexibility index (Phi) is 5.59. The van der Waals surface area contributed by atoms with Crippen molar-refractivity contribution >= 4 is 17.3 Å². The van der Waals surface area contributed by atoms with Crippen LogP contribution in [0.15, 0.2) is 42.5 Å². The summed E-state index contributed by atoms with van der Waals surface area (Å²) in [5.41, 5.74) is -0.603. The first-order chi connectivity index (χ1) is 13.3. The Morgan fingerprint density at radius 3 is 2.39 bits per heavy atom. The van der Waals surface area contributed by atoms with Gasteiger partial charge in [-0.15, -0.1) is 0 Å². The Hall–Kier alpha value is -3.40. The van der Waals surface area contributed by atoms with Crippen molar-refractivity contribution in [2.45, 2.75) is 19.0 Å². The van der Waals surface area contributed by atoms with Gasteiger partial charge in [0, 0.05) is 43.4 Å². The van der Waals surface area contributed by atoms with Crippen molar-refractivity contribution in [3.05, 3.63) is 79.6 Å². The lowest BCUT2D eigenvalue weighted by Gasteiger charge is -2.17. The fourth-order valence-electron chi connectivity index (χ4n) is 3.12. The van der Waals surface area contributed by atoms with Crippen molar-refractivity contribution < 1.29 is 19.0 Å². The quantitative estimate of drug-likeness (QED) is 0.600. The van der Waals surface area contributed by atoms with E-state index in [0.717, 1.165) is 18.2 Å². The van der Waals surface area contributed by atoms with E-state index in [1.807, 2.05) is 0 Å². The van der Waals surface area contributed by atoms with E-state index in [2.05, 4.69) is 5.32 Å². The molecule has 0 aromatic heterocycles. The number of likely N-dealkylation sites (tertiary alicyclic amines) is 1. The summed E-state index contributed by atoms with van der Waals surface area (Å²) in [6.07, 6.45) is 0.622. The number of benzene rings is 2. The van der Waals surface area contributed by atoms with Crippen LogP contribution in [0.3, 0.4) is 0 Å². The maximum absolute atomic E-state index is 13.7. The summed E-state index contributed by atoms with van der Waals surface area (Å²) in [7, 11) is 0. The van der Waals surface area contributed by atoms with Crippen LogP contribution in [-0.2, 0) is 6.54 Å². The number of non-ortho nitro benzene ring substituents is 2. The third-order valence-corrected chi connectivity index (χ3v) is 4.59. The SMILES string of the molecule is O=C(c1cc([N+](=O)[O-])cc([N+](=O)[O-])c1)N1CC[C@@H](NCc2ccccc2F)C1. The number of hydrogen-bond donors (Lipinski definition) is 1. The molecule has 0 unspecified atom stereocenters. The lowest BCUT2D eigenvalue weighted by atomic mass is 10.1. The zero-order valence-corrected chi connectivity index (χ0v) is 14.7.